The topological polar surface area (TPSA) is 54.4 Å². The van der Waals surface area contributed by atoms with Crippen molar-refractivity contribution in [3.05, 3.63) is 90.5 Å². The van der Waals surface area contributed by atoms with Crippen LogP contribution >= 0.6 is 18.9 Å². The summed E-state index contributed by atoms with van der Waals surface area (Å²) in [4.78, 5) is 12.1. The van der Waals surface area contributed by atoms with E-state index in [1.54, 1.807) is 24.3 Å². The van der Waals surface area contributed by atoms with Crippen LogP contribution in [0.15, 0.2) is 84.9 Å². The average Bonchev–Trinajstić information content (AvgIpc) is 2.73. The highest BCUT2D eigenvalue weighted by atomic mass is 32.2. The van der Waals surface area contributed by atoms with Crippen molar-refractivity contribution in [3.63, 3.8) is 0 Å². The van der Waals surface area contributed by atoms with Gasteiger partial charge in [-0.2, -0.15) is 0 Å². The molecule has 132 valence electrons. The summed E-state index contributed by atoms with van der Waals surface area (Å²) in [6.45, 7) is -0.0360. The molecule has 0 bridgehead atoms. The Morgan fingerprint density at radius 1 is 0.769 bits per heavy atom. The van der Waals surface area contributed by atoms with Crippen LogP contribution in [-0.4, -0.2) is 22.6 Å². The zero-order valence-corrected chi connectivity index (χ0v) is 15.8. The molecule has 0 aromatic heterocycles. The first-order valence-electron chi connectivity index (χ1n) is 8.26. The second-order valence-corrected chi connectivity index (χ2v) is 9.52. The predicted octanol–water partition coefficient (Wildman–Crippen LogP) is 3.19. The first-order valence-corrected chi connectivity index (χ1v) is 11.0. The van der Waals surface area contributed by atoms with Crippen molar-refractivity contribution < 1.29 is 14.5 Å². The van der Waals surface area contributed by atoms with Crippen molar-refractivity contribution in [2.45, 2.75) is 0 Å². The van der Waals surface area contributed by atoms with Gasteiger partial charge in [0.05, 0.1) is 6.61 Å². The monoisotopic (exact) mass is 382 g/mol. The van der Waals surface area contributed by atoms with Gasteiger partial charge >= 0.3 is 0 Å². The van der Waals surface area contributed by atoms with Gasteiger partial charge < -0.3 is 9.67 Å². The molecular formula is C21H19O3PS. The molecule has 3 aromatic rings. The molecule has 0 fully saturated rings. The lowest BCUT2D eigenvalue weighted by atomic mass is 10.2. The molecule has 3 rings (SSSR count). The van der Waals surface area contributed by atoms with Crippen molar-refractivity contribution in [2.75, 3.05) is 12.4 Å². The van der Waals surface area contributed by atoms with Crippen LogP contribution in [-0.2, 0) is 4.57 Å². The Bertz CT molecular complexity index is 866. The van der Waals surface area contributed by atoms with Gasteiger partial charge in [0.25, 0.3) is 0 Å². The molecule has 0 saturated carbocycles. The summed E-state index contributed by atoms with van der Waals surface area (Å²) in [6, 6.07) is 25.8. The number of carbonyl (C=O) groups excluding carboxylic acids is 1. The number of hydrogen-bond donors (Lipinski definition) is 1. The highest BCUT2D eigenvalue weighted by Crippen LogP contribution is 2.42. The van der Waals surface area contributed by atoms with Gasteiger partial charge in [-0.1, -0.05) is 84.6 Å². The summed E-state index contributed by atoms with van der Waals surface area (Å²) >= 11 is 1.08. The van der Waals surface area contributed by atoms with Crippen molar-refractivity contribution in [1.29, 1.82) is 0 Å². The summed E-state index contributed by atoms with van der Waals surface area (Å²) in [5.74, 6) is 0.368. The molecule has 0 amide bonds. The van der Waals surface area contributed by atoms with Crippen LogP contribution in [0, 0.1) is 0 Å². The molecule has 1 N–H and O–H groups in total. The van der Waals surface area contributed by atoms with Crippen molar-refractivity contribution in [2.24, 2.45) is 0 Å². The molecule has 0 aliphatic rings. The number of carbonyl (C=O) groups is 1. The van der Waals surface area contributed by atoms with Crippen LogP contribution in [0.25, 0.3) is 0 Å². The average molecular weight is 382 g/mol. The maximum Gasteiger partial charge on any atom is 0.219 e. The molecule has 0 heterocycles. The van der Waals surface area contributed by atoms with E-state index in [4.69, 9.17) is 5.11 Å². The molecule has 0 aliphatic carbocycles. The Hall–Kier alpha value is -2.13. The number of thioether (sulfide) groups is 1. The molecule has 0 atom stereocenters. The third-order valence-corrected chi connectivity index (χ3v) is 7.99. The third kappa shape index (κ3) is 3.83. The molecule has 3 nitrogen and oxygen atoms in total. The molecule has 0 spiro atoms. The van der Waals surface area contributed by atoms with E-state index >= 15 is 0 Å². The number of aliphatic hydroxyl groups is 1. The Kier molecular flexibility index (Phi) is 6.10. The van der Waals surface area contributed by atoms with E-state index in [1.165, 1.54) is 0 Å². The molecule has 26 heavy (non-hydrogen) atoms. The van der Waals surface area contributed by atoms with Crippen LogP contribution in [0.5, 0.6) is 0 Å². The van der Waals surface area contributed by atoms with E-state index < -0.39 is 7.14 Å². The lowest BCUT2D eigenvalue weighted by Crippen LogP contribution is -2.25. The quantitative estimate of drug-likeness (QED) is 0.666. The fourth-order valence-corrected chi connectivity index (χ4v) is 5.98. The minimum Gasteiger partial charge on any atom is -0.396 e. The van der Waals surface area contributed by atoms with Crippen LogP contribution in [0.2, 0.25) is 0 Å². The number of rotatable bonds is 6. The second kappa shape index (κ2) is 8.50. The summed E-state index contributed by atoms with van der Waals surface area (Å²) in [7, 11) is -3.01. The van der Waals surface area contributed by atoms with Crippen LogP contribution in [0.1, 0.15) is 10.4 Å². The minimum atomic E-state index is -3.01. The van der Waals surface area contributed by atoms with Gasteiger partial charge in [0.15, 0.2) is 7.14 Å². The number of benzene rings is 3. The molecule has 3 aromatic carbocycles. The van der Waals surface area contributed by atoms with E-state index in [0.29, 0.717) is 16.6 Å². The lowest BCUT2D eigenvalue weighted by molar-refractivity contribution is 0.108. The van der Waals surface area contributed by atoms with E-state index in [1.807, 2.05) is 60.7 Å². The molecule has 0 saturated heterocycles. The van der Waals surface area contributed by atoms with Gasteiger partial charge in [0.2, 0.25) is 5.12 Å². The lowest BCUT2D eigenvalue weighted by Gasteiger charge is -2.20. The van der Waals surface area contributed by atoms with Crippen LogP contribution in [0.4, 0.5) is 0 Å². The van der Waals surface area contributed by atoms with Crippen LogP contribution < -0.4 is 15.9 Å². The van der Waals surface area contributed by atoms with Gasteiger partial charge in [-0.05, 0) is 12.1 Å². The first kappa shape index (κ1) is 18.7. The summed E-state index contributed by atoms with van der Waals surface area (Å²) in [5.41, 5.74) is 0.542. The molecular weight excluding hydrogens is 363 g/mol. The van der Waals surface area contributed by atoms with E-state index in [9.17, 15) is 9.36 Å². The smallest absolute Gasteiger partial charge is 0.219 e. The third-order valence-electron chi connectivity index (χ3n) is 4.03. The first-order chi connectivity index (χ1) is 12.7. The summed E-state index contributed by atoms with van der Waals surface area (Å²) in [5, 5.41) is 11.0. The molecule has 0 unspecified atom stereocenters. The Morgan fingerprint density at radius 2 is 1.23 bits per heavy atom. The highest BCUT2D eigenvalue weighted by Gasteiger charge is 2.29. The normalized spacial score (nSPS) is 11.3. The fourth-order valence-electron chi connectivity index (χ4n) is 2.75. The second-order valence-electron chi connectivity index (χ2n) is 5.69. The largest absolute Gasteiger partial charge is 0.396 e. The Morgan fingerprint density at radius 3 is 1.69 bits per heavy atom. The Labute approximate surface area is 157 Å². The van der Waals surface area contributed by atoms with Gasteiger partial charge in [0, 0.05) is 27.2 Å². The molecule has 0 radical (unpaired) electrons. The van der Waals surface area contributed by atoms with Crippen molar-refractivity contribution in [1.82, 2.24) is 0 Å². The van der Waals surface area contributed by atoms with Crippen LogP contribution in [0.3, 0.4) is 0 Å². The minimum absolute atomic E-state index is 0.0360. The maximum atomic E-state index is 14.1. The maximum absolute atomic E-state index is 14.1. The molecule has 0 aliphatic heterocycles. The zero-order chi connectivity index (χ0) is 18.4. The van der Waals surface area contributed by atoms with Crippen molar-refractivity contribution >= 4 is 39.9 Å². The SMILES string of the molecule is O=C(SCCO)c1ccc(P(=O)(c2ccccc2)c2ccccc2)cc1. The molecule has 5 heteroatoms. The van der Waals surface area contributed by atoms with E-state index in [0.717, 1.165) is 22.4 Å². The van der Waals surface area contributed by atoms with Gasteiger partial charge in [-0.25, -0.2) is 0 Å². The standard InChI is InChI=1S/C21H19O3PS/c22-15-16-26-21(23)17-11-13-20(14-12-17)25(24,18-7-3-1-4-8-18)19-9-5-2-6-10-19/h1-14,22H,15-16H2. The predicted molar refractivity (Wildman–Crippen MR) is 110 cm³/mol. The fraction of sp³-hybridized carbons (Fsp3) is 0.0952. The number of aliphatic hydroxyl groups excluding tert-OH is 1. The Balaban J connectivity index is 2.04. The van der Waals surface area contributed by atoms with Gasteiger partial charge in [0.1, 0.15) is 0 Å². The summed E-state index contributed by atoms with van der Waals surface area (Å²) < 4.78 is 14.1. The zero-order valence-electron chi connectivity index (χ0n) is 14.1. The summed E-state index contributed by atoms with van der Waals surface area (Å²) in [6.07, 6.45) is 0. The van der Waals surface area contributed by atoms with Crippen molar-refractivity contribution in [3.8, 4) is 0 Å². The van der Waals surface area contributed by atoms with E-state index in [2.05, 4.69) is 0 Å². The number of hydrogen-bond acceptors (Lipinski definition) is 4. The van der Waals surface area contributed by atoms with E-state index in [-0.39, 0.29) is 11.7 Å². The highest BCUT2D eigenvalue weighted by molar-refractivity contribution is 8.14. The van der Waals surface area contributed by atoms with Gasteiger partial charge in [-0.15, -0.1) is 0 Å². The van der Waals surface area contributed by atoms with Gasteiger partial charge in [-0.3, -0.25) is 4.79 Å².